The molecule has 0 bridgehead atoms. The van der Waals surface area contributed by atoms with Gasteiger partial charge >= 0.3 is 0 Å². The van der Waals surface area contributed by atoms with Crippen molar-refractivity contribution in [1.82, 2.24) is 4.98 Å². The van der Waals surface area contributed by atoms with E-state index in [1.165, 1.54) is 12.1 Å². The number of anilines is 1. The van der Waals surface area contributed by atoms with Crippen LogP contribution in [0, 0.1) is 11.3 Å². The summed E-state index contributed by atoms with van der Waals surface area (Å²) in [5.41, 5.74) is 1.52. The third-order valence-corrected chi connectivity index (χ3v) is 3.87. The van der Waals surface area contributed by atoms with Crippen LogP contribution in [0.25, 0.3) is 17.0 Å². The zero-order valence-electron chi connectivity index (χ0n) is 14.6. The van der Waals surface area contributed by atoms with Crippen molar-refractivity contribution >= 4 is 28.6 Å². The van der Waals surface area contributed by atoms with E-state index in [1.54, 1.807) is 36.5 Å². The number of nitriles is 1. The molecule has 0 unspecified atom stereocenters. The summed E-state index contributed by atoms with van der Waals surface area (Å²) in [6, 6.07) is 15.5. The van der Waals surface area contributed by atoms with Gasteiger partial charge in [0.05, 0.1) is 17.8 Å². The number of nitrogens with zero attached hydrogens (tertiary/aromatic N) is 2. The molecule has 0 saturated carbocycles. The van der Waals surface area contributed by atoms with E-state index in [9.17, 15) is 15.2 Å². The van der Waals surface area contributed by atoms with Crippen molar-refractivity contribution in [2.24, 2.45) is 0 Å². The fourth-order valence-corrected chi connectivity index (χ4v) is 2.61. The van der Waals surface area contributed by atoms with Gasteiger partial charge in [-0.1, -0.05) is 6.07 Å². The summed E-state index contributed by atoms with van der Waals surface area (Å²) in [6.07, 6.45) is 3.01. The summed E-state index contributed by atoms with van der Waals surface area (Å²) in [5, 5.41) is 23.0. The average molecular weight is 359 g/mol. The average Bonchev–Trinajstić information content (AvgIpc) is 2.68. The quantitative estimate of drug-likeness (QED) is 0.532. The van der Waals surface area contributed by atoms with E-state index in [2.05, 4.69) is 10.3 Å². The van der Waals surface area contributed by atoms with Crippen LogP contribution in [0.15, 0.2) is 60.3 Å². The number of aromatic nitrogens is 1. The van der Waals surface area contributed by atoms with E-state index in [4.69, 9.17) is 4.74 Å². The molecule has 6 heteroatoms. The van der Waals surface area contributed by atoms with E-state index >= 15 is 0 Å². The number of phenolic OH excluding ortho intramolecular Hbond substituents is 1. The topological polar surface area (TPSA) is 95.2 Å². The lowest BCUT2D eigenvalue weighted by Gasteiger charge is -2.08. The van der Waals surface area contributed by atoms with Gasteiger partial charge in [-0.3, -0.25) is 9.78 Å². The number of pyridine rings is 1. The van der Waals surface area contributed by atoms with Crippen molar-refractivity contribution in [3.8, 4) is 17.6 Å². The van der Waals surface area contributed by atoms with Crippen LogP contribution in [0.5, 0.6) is 11.5 Å². The summed E-state index contributed by atoms with van der Waals surface area (Å²) in [5.74, 6) is -0.128. The maximum atomic E-state index is 12.5. The fourth-order valence-electron chi connectivity index (χ4n) is 2.61. The smallest absolute Gasteiger partial charge is 0.266 e. The molecule has 0 fully saturated rings. The molecule has 1 amide bonds. The van der Waals surface area contributed by atoms with Gasteiger partial charge in [-0.2, -0.15) is 5.26 Å². The Morgan fingerprint density at radius 2 is 2.15 bits per heavy atom. The fraction of sp³-hybridized carbons (Fsp3) is 0.0952. The normalized spacial score (nSPS) is 11.0. The number of hydrogen-bond acceptors (Lipinski definition) is 5. The lowest BCUT2D eigenvalue weighted by atomic mass is 10.1. The second kappa shape index (κ2) is 8.02. The van der Waals surface area contributed by atoms with Crippen LogP contribution in [0.2, 0.25) is 0 Å². The van der Waals surface area contributed by atoms with Crippen LogP contribution in [0.4, 0.5) is 5.69 Å². The summed E-state index contributed by atoms with van der Waals surface area (Å²) < 4.78 is 5.31. The predicted octanol–water partition coefficient (Wildman–Crippen LogP) is 3.88. The molecule has 1 aromatic heterocycles. The third kappa shape index (κ3) is 4.05. The molecule has 2 aromatic carbocycles. The number of nitrogens with one attached hydrogen (secondary N) is 1. The Hall–Kier alpha value is -3.85. The number of aromatic hydroxyl groups is 1. The number of benzene rings is 2. The van der Waals surface area contributed by atoms with Gasteiger partial charge in [-0.25, -0.2) is 0 Å². The number of fused-ring (bicyclic) bond motifs is 1. The van der Waals surface area contributed by atoms with Crippen molar-refractivity contribution in [2.75, 3.05) is 11.9 Å². The summed E-state index contributed by atoms with van der Waals surface area (Å²) >= 11 is 0. The maximum Gasteiger partial charge on any atom is 0.266 e. The van der Waals surface area contributed by atoms with Crippen molar-refractivity contribution in [3.63, 3.8) is 0 Å². The van der Waals surface area contributed by atoms with Crippen LogP contribution < -0.4 is 10.1 Å². The van der Waals surface area contributed by atoms with Crippen molar-refractivity contribution < 1.29 is 14.6 Å². The molecule has 3 rings (SSSR count). The lowest BCUT2D eigenvalue weighted by molar-refractivity contribution is -0.112. The largest absolute Gasteiger partial charge is 0.507 e. The van der Waals surface area contributed by atoms with Crippen molar-refractivity contribution in [1.29, 1.82) is 5.26 Å². The number of ether oxygens (including phenoxy) is 1. The van der Waals surface area contributed by atoms with Crippen LogP contribution in [0.3, 0.4) is 0 Å². The maximum absolute atomic E-state index is 12.5. The first kappa shape index (κ1) is 18.0. The zero-order chi connectivity index (χ0) is 19.2. The molecular weight excluding hydrogens is 342 g/mol. The van der Waals surface area contributed by atoms with E-state index in [0.717, 1.165) is 10.9 Å². The highest BCUT2D eigenvalue weighted by Crippen LogP contribution is 2.26. The molecule has 2 N–H and O–H groups in total. The molecule has 0 aliphatic carbocycles. The minimum absolute atomic E-state index is 0.0733. The molecule has 1 heterocycles. The van der Waals surface area contributed by atoms with Crippen LogP contribution in [0.1, 0.15) is 12.5 Å². The van der Waals surface area contributed by atoms with Crippen molar-refractivity contribution in [3.05, 3.63) is 65.9 Å². The van der Waals surface area contributed by atoms with Gasteiger partial charge in [-0.05, 0) is 49.4 Å². The highest BCUT2D eigenvalue weighted by molar-refractivity contribution is 6.12. The van der Waals surface area contributed by atoms with Crippen LogP contribution >= 0.6 is 0 Å². The molecule has 6 nitrogen and oxygen atoms in total. The number of carbonyl (C=O) groups is 1. The summed E-state index contributed by atoms with van der Waals surface area (Å²) in [4.78, 5) is 16.8. The molecule has 27 heavy (non-hydrogen) atoms. The SMILES string of the molecule is CCOc1ccc(/C=C(\C#N)C(=O)Nc2cccc3ncccc23)c(O)c1. The van der Waals surface area contributed by atoms with Crippen LogP contribution in [-0.4, -0.2) is 22.6 Å². The third-order valence-electron chi connectivity index (χ3n) is 3.87. The molecule has 0 saturated heterocycles. The molecule has 0 radical (unpaired) electrons. The number of amides is 1. The minimum Gasteiger partial charge on any atom is -0.507 e. The van der Waals surface area contributed by atoms with E-state index in [0.29, 0.717) is 23.6 Å². The Balaban J connectivity index is 1.88. The monoisotopic (exact) mass is 359 g/mol. The molecule has 0 aliphatic heterocycles. The second-order valence-corrected chi connectivity index (χ2v) is 5.65. The van der Waals surface area contributed by atoms with Gasteiger partial charge < -0.3 is 15.2 Å². The van der Waals surface area contributed by atoms with Gasteiger partial charge in [0, 0.05) is 23.2 Å². The van der Waals surface area contributed by atoms with Gasteiger partial charge in [0.2, 0.25) is 0 Å². The predicted molar refractivity (Wildman–Crippen MR) is 103 cm³/mol. The van der Waals surface area contributed by atoms with E-state index in [-0.39, 0.29) is 11.3 Å². The highest BCUT2D eigenvalue weighted by Gasteiger charge is 2.13. The Morgan fingerprint density at radius 1 is 1.30 bits per heavy atom. The highest BCUT2D eigenvalue weighted by atomic mass is 16.5. The second-order valence-electron chi connectivity index (χ2n) is 5.65. The Kier molecular flexibility index (Phi) is 5.33. The molecule has 3 aromatic rings. The van der Waals surface area contributed by atoms with Crippen molar-refractivity contribution in [2.45, 2.75) is 6.92 Å². The molecule has 0 atom stereocenters. The number of hydrogen-bond donors (Lipinski definition) is 2. The Bertz CT molecular complexity index is 1060. The standard InChI is InChI=1S/C21H17N3O3/c1-2-27-16-9-8-14(20(25)12-16)11-15(13-22)21(26)24-19-7-3-6-18-17(19)5-4-10-23-18/h3-12,25H,2H2,1H3,(H,24,26)/b15-11+. The first-order valence-corrected chi connectivity index (χ1v) is 8.35. The number of rotatable bonds is 5. The summed E-state index contributed by atoms with van der Waals surface area (Å²) in [7, 11) is 0. The van der Waals surface area contributed by atoms with Gasteiger partial charge in [0.1, 0.15) is 23.1 Å². The summed E-state index contributed by atoms with van der Waals surface area (Å²) in [6.45, 7) is 2.31. The molecular formula is C21H17N3O3. The van der Waals surface area contributed by atoms with E-state index < -0.39 is 5.91 Å². The number of carbonyl (C=O) groups excluding carboxylic acids is 1. The first-order chi connectivity index (χ1) is 13.1. The Labute approximate surface area is 156 Å². The molecule has 0 aliphatic rings. The Morgan fingerprint density at radius 3 is 2.89 bits per heavy atom. The number of phenols is 1. The zero-order valence-corrected chi connectivity index (χ0v) is 14.6. The molecule has 0 spiro atoms. The van der Waals surface area contributed by atoms with E-state index in [1.807, 2.05) is 25.1 Å². The lowest BCUT2D eigenvalue weighted by Crippen LogP contribution is -2.13. The van der Waals surface area contributed by atoms with Crippen LogP contribution in [-0.2, 0) is 4.79 Å². The van der Waals surface area contributed by atoms with Gasteiger partial charge in [0.25, 0.3) is 5.91 Å². The first-order valence-electron chi connectivity index (χ1n) is 8.35. The van der Waals surface area contributed by atoms with Gasteiger partial charge in [0.15, 0.2) is 0 Å². The minimum atomic E-state index is -0.567. The van der Waals surface area contributed by atoms with Gasteiger partial charge in [-0.15, -0.1) is 0 Å². The molecule has 134 valence electrons.